The molecule has 1 rings (SSSR count). The number of amides is 1. The minimum absolute atomic E-state index is 0.0329. The topological polar surface area (TPSA) is 51.2 Å². The monoisotopic (exact) mass is 228 g/mol. The largest absolute Gasteiger partial charge is 0.383 e. The molecule has 0 aliphatic rings. The molecule has 0 radical (unpaired) electrons. The van der Waals surface area contributed by atoms with Gasteiger partial charge in [-0.05, 0) is 19.1 Å². The Labute approximate surface area is 93.6 Å². The number of methoxy groups -OCH3 is 1. The molecule has 0 aliphatic carbocycles. The number of pyridine rings is 1. The van der Waals surface area contributed by atoms with Crippen LogP contribution in [0, 0.1) is 0 Å². The smallest absolute Gasteiger partial charge is 0.251 e. The molecule has 0 aliphatic heterocycles. The van der Waals surface area contributed by atoms with Crippen molar-refractivity contribution in [3.8, 4) is 0 Å². The van der Waals surface area contributed by atoms with Crippen LogP contribution >= 0.6 is 11.6 Å². The molecular weight excluding hydrogens is 216 g/mol. The molecule has 0 saturated carbocycles. The molecule has 1 heterocycles. The van der Waals surface area contributed by atoms with Crippen molar-refractivity contribution < 1.29 is 9.53 Å². The Hall–Kier alpha value is -1.13. The van der Waals surface area contributed by atoms with Gasteiger partial charge in [-0.2, -0.15) is 0 Å². The number of ether oxygens (including phenoxy) is 1. The Balaban J connectivity index is 2.61. The zero-order valence-corrected chi connectivity index (χ0v) is 9.41. The van der Waals surface area contributed by atoms with Gasteiger partial charge in [-0.1, -0.05) is 11.6 Å². The summed E-state index contributed by atoms with van der Waals surface area (Å²) in [6.07, 6.45) is 1.50. The number of hydrogen-bond acceptors (Lipinski definition) is 3. The van der Waals surface area contributed by atoms with Gasteiger partial charge < -0.3 is 10.1 Å². The Bertz CT molecular complexity index is 344. The predicted octanol–water partition coefficient (Wildman–Crippen LogP) is 1.50. The first-order chi connectivity index (χ1) is 7.13. The maximum Gasteiger partial charge on any atom is 0.251 e. The van der Waals surface area contributed by atoms with Gasteiger partial charge in [-0.25, -0.2) is 4.98 Å². The fourth-order valence-corrected chi connectivity index (χ4v) is 1.32. The third-order valence-electron chi connectivity index (χ3n) is 1.78. The molecule has 1 N–H and O–H groups in total. The van der Waals surface area contributed by atoms with Crippen LogP contribution in [0.1, 0.15) is 17.3 Å². The van der Waals surface area contributed by atoms with Crippen molar-refractivity contribution in [1.82, 2.24) is 10.3 Å². The van der Waals surface area contributed by atoms with E-state index in [2.05, 4.69) is 10.3 Å². The second-order valence-electron chi connectivity index (χ2n) is 3.20. The van der Waals surface area contributed by atoms with E-state index in [4.69, 9.17) is 16.3 Å². The van der Waals surface area contributed by atoms with E-state index in [1.807, 2.05) is 6.92 Å². The minimum atomic E-state index is -0.177. The number of rotatable bonds is 4. The van der Waals surface area contributed by atoms with E-state index in [1.54, 1.807) is 13.2 Å². The number of hydrogen-bond donors (Lipinski definition) is 1. The van der Waals surface area contributed by atoms with E-state index < -0.39 is 0 Å². The number of nitrogens with one attached hydrogen (secondary N) is 1. The molecular formula is C10H13ClN2O2. The van der Waals surface area contributed by atoms with Crippen LogP contribution in [0.2, 0.25) is 5.15 Å². The van der Waals surface area contributed by atoms with E-state index in [-0.39, 0.29) is 11.9 Å². The van der Waals surface area contributed by atoms with Crippen molar-refractivity contribution >= 4 is 17.5 Å². The molecule has 1 unspecified atom stereocenters. The average Bonchev–Trinajstić information content (AvgIpc) is 2.18. The summed E-state index contributed by atoms with van der Waals surface area (Å²) in [5.74, 6) is -0.177. The SMILES string of the molecule is COCC(C)NC(=O)c1ccnc(Cl)c1. The van der Waals surface area contributed by atoms with Crippen molar-refractivity contribution in [3.05, 3.63) is 29.0 Å². The first-order valence-corrected chi connectivity index (χ1v) is 4.92. The lowest BCUT2D eigenvalue weighted by molar-refractivity contribution is 0.0905. The minimum Gasteiger partial charge on any atom is -0.383 e. The lowest BCUT2D eigenvalue weighted by Crippen LogP contribution is -2.35. The third-order valence-corrected chi connectivity index (χ3v) is 1.99. The van der Waals surface area contributed by atoms with Crippen molar-refractivity contribution in [2.24, 2.45) is 0 Å². The van der Waals surface area contributed by atoms with Crippen LogP contribution in [0.5, 0.6) is 0 Å². The van der Waals surface area contributed by atoms with Crippen LogP contribution in [0.4, 0.5) is 0 Å². The van der Waals surface area contributed by atoms with Crippen molar-refractivity contribution in [2.45, 2.75) is 13.0 Å². The first-order valence-electron chi connectivity index (χ1n) is 4.55. The molecule has 4 nitrogen and oxygen atoms in total. The van der Waals surface area contributed by atoms with Gasteiger partial charge in [-0.15, -0.1) is 0 Å². The highest BCUT2D eigenvalue weighted by atomic mass is 35.5. The standard InChI is InChI=1S/C10H13ClN2O2/c1-7(6-15-2)13-10(14)8-3-4-12-9(11)5-8/h3-5,7H,6H2,1-2H3,(H,13,14). The summed E-state index contributed by atoms with van der Waals surface area (Å²) in [6, 6.07) is 3.10. The Morgan fingerprint density at radius 3 is 3.07 bits per heavy atom. The molecule has 0 bridgehead atoms. The van der Waals surface area contributed by atoms with Crippen molar-refractivity contribution in [1.29, 1.82) is 0 Å². The second-order valence-corrected chi connectivity index (χ2v) is 3.58. The van der Waals surface area contributed by atoms with Gasteiger partial charge in [-0.3, -0.25) is 4.79 Å². The zero-order chi connectivity index (χ0) is 11.3. The van der Waals surface area contributed by atoms with Gasteiger partial charge in [0.05, 0.1) is 6.61 Å². The summed E-state index contributed by atoms with van der Waals surface area (Å²) in [5.41, 5.74) is 0.498. The Morgan fingerprint density at radius 2 is 2.47 bits per heavy atom. The normalized spacial score (nSPS) is 12.2. The van der Waals surface area contributed by atoms with Gasteiger partial charge in [0, 0.05) is 24.9 Å². The molecule has 1 atom stereocenters. The summed E-state index contributed by atoms with van der Waals surface area (Å²) in [4.78, 5) is 15.4. The van der Waals surface area contributed by atoms with Gasteiger partial charge in [0.25, 0.3) is 5.91 Å². The lowest BCUT2D eigenvalue weighted by Gasteiger charge is -2.12. The van der Waals surface area contributed by atoms with Crippen LogP contribution in [0.15, 0.2) is 18.3 Å². The average molecular weight is 229 g/mol. The fraction of sp³-hybridized carbons (Fsp3) is 0.400. The van der Waals surface area contributed by atoms with E-state index in [1.165, 1.54) is 12.3 Å². The number of halogens is 1. The lowest BCUT2D eigenvalue weighted by atomic mass is 10.2. The van der Waals surface area contributed by atoms with Crippen molar-refractivity contribution in [2.75, 3.05) is 13.7 Å². The summed E-state index contributed by atoms with van der Waals surface area (Å²) in [6.45, 7) is 2.34. The summed E-state index contributed by atoms with van der Waals surface area (Å²) < 4.78 is 4.91. The predicted molar refractivity (Wildman–Crippen MR) is 58.1 cm³/mol. The summed E-state index contributed by atoms with van der Waals surface area (Å²) in [5, 5.41) is 3.08. The molecule has 0 saturated heterocycles. The maximum absolute atomic E-state index is 11.6. The first kappa shape index (κ1) is 11.9. The molecule has 5 heteroatoms. The molecule has 82 valence electrons. The highest BCUT2D eigenvalue weighted by molar-refractivity contribution is 6.29. The van der Waals surface area contributed by atoms with Gasteiger partial charge in [0.2, 0.25) is 0 Å². The number of carbonyl (C=O) groups is 1. The number of nitrogens with zero attached hydrogens (tertiary/aromatic N) is 1. The molecule has 0 spiro atoms. The van der Waals surface area contributed by atoms with Gasteiger partial charge >= 0.3 is 0 Å². The number of carbonyl (C=O) groups excluding carboxylic acids is 1. The third kappa shape index (κ3) is 3.85. The van der Waals surface area contributed by atoms with Gasteiger partial charge in [0.15, 0.2) is 0 Å². The Kier molecular flexibility index (Phi) is 4.52. The second kappa shape index (κ2) is 5.68. The molecule has 1 aromatic heterocycles. The number of aromatic nitrogens is 1. The highest BCUT2D eigenvalue weighted by Gasteiger charge is 2.09. The molecule has 1 aromatic rings. The zero-order valence-electron chi connectivity index (χ0n) is 8.66. The molecule has 0 fully saturated rings. The van der Waals surface area contributed by atoms with E-state index in [9.17, 15) is 4.79 Å². The molecule has 15 heavy (non-hydrogen) atoms. The van der Waals surface area contributed by atoms with E-state index in [0.29, 0.717) is 17.3 Å². The molecule has 1 amide bonds. The van der Waals surface area contributed by atoms with Crippen LogP contribution in [0.25, 0.3) is 0 Å². The summed E-state index contributed by atoms with van der Waals surface area (Å²) >= 11 is 5.67. The highest BCUT2D eigenvalue weighted by Crippen LogP contribution is 2.06. The van der Waals surface area contributed by atoms with Crippen LogP contribution in [-0.4, -0.2) is 30.6 Å². The van der Waals surface area contributed by atoms with Crippen LogP contribution in [0.3, 0.4) is 0 Å². The van der Waals surface area contributed by atoms with Gasteiger partial charge in [0.1, 0.15) is 5.15 Å². The van der Waals surface area contributed by atoms with E-state index >= 15 is 0 Å². The fourth-order valence-electron chi connectivity index (χ4n) is 1.14. The molecule has 0 aromatic carbocycles. The van der Waals surface area contributed by atoms with E-state index in [0.717, 1.165) is 0 Å². The quantitative estimate of drug-likeness (QED) is 0.795. The van der Waals surface area contributed by atoms with Crippen LogP contribution in [-0.2, 0) is 4.74 Å². The maximum atomic E-state index is 11.6. The Morgan fingerprint density at radius 1 is 1.73 bits per heavy atom. The summed E-state index contributed by atoms with van der Waals surface area (Å²) in [7, 11) is 1.59. The van der Waals surface area contributed by atoms with Crippen LogP contribution < -0.4 is 5.32 Å². The van der Waals surface area contributed by atoms with Crippen molar-refractivity contribution in [3.63, 3.8) is 0 Å².